The van der Waals surface area contributed by atoms with Crippen LogP contribution in [0.25, 0.3) is 0 Å². The van der Waals surface area contributed by atoms with Gasteiger partial charge in [0.15, 0.2) is 0 Å². The van der Waals surface area contributed by atoms with Crippen LogP contribution in [0.2, 0.25) is 0 Å². The Hall–Kier alpha value is -0.380. The summed E-state index contributed by atoms with van der Waals surface area (Å²) < 4.78 is 0. The molecular weight excluding hydrogens is 218 g/mol. The molecule has 0 spiro atoms. The van der Waals surface area contributed by atoms with E-state index >= 15 is 0 Å². The molecule has 0 aliphatic rings. The van der Waals surface area contributed by atoms with Gasteiger partial charge in [-0.05, 0) is 37.3 Å². The molecule has 0 aromatic carbocycles. The Kier molecular flexibility index (Phi) is 6.03. The molecule has 0 aliphatic heterocycles. The molecule has 1 heterocycles. The lowest BCUT2D eigenvalue weighted by atomic mass is 10.1. The highest BCUT2D eigenvalue weighted by Gasteiger charge is 2.10. The number of hydrogen-bond donors (Lipinski definition) is 1. The van der Waals surface area contributed by atoms with Crippen LogP contribution < -0.4 is 0 Å². The SMILES string of the molecule is CC(C)CCN(Cc1cccs1)CC(C)O. The summed E-state index contributed by atoms with van der Waals surface area (Å²) in [7, 11) is 0. The minimum atomic E-state index is -0.243. The van der Waals surface area contributed by atoms with Crippen molar-refractivity contribution in [2.24, 2.45) is 5.92 Å². The summed E-state index contributed by atoms with van der Waals surface area (Å²) in [4.78, 5) is 3.72. The molecule has 1 atom stereocenters. The summed E-state index contributed by atoms with van der Waals surface area (Å²) in [6.07, 6.45) is 0.949. The lowest BCUT2D eigenvalue weighted by molar-refractivity contribution is 0.119. The van der Waals surface area contributed by atoms with Crippen LogP contribution in [0.15, 0.2) is 17.5 Å². The summed E-state index contributed by atoms with van der Waals surface area (Å²) in [5.74, 6) is 0.722. The quantitative estimate of drug-likeness (QED) is 0.793. The number of nitrogens with zero attached hydrogens (tertiary/aromatic N) is 1. The van der Waals surface area contributed by atoms with Gasteiger partial charge in [-0.15, -0.1) is 11.3 Å². The summed E-state index contributed by atoms with van der Waals surface area (Å²) >= 11 is 1.79. The molecule has 0 saturated carbocycles. The van der Waals surface area contributed by atoms with Crippen molar-refractivity contribution in [3.05, 3.63) is 22.4 Å². The second kappa shape index (κ2) is 7.05. The molecule has 92 valence electrons. The summed E-state index contributed by atoms with van der Waals surface area (Å²) in [6, 6.07) is 4.25. The molecular formula is C13H23NOS. The molecule has 3 heteroatoms. The predicted molar refractivity (Wildman–Crippen MR) is 70.7 cm³/mol. The van der Waals surface area contributed by atoms with Gasteiger partial charge in [0.25, 0.3) is 0 Å². The number of thiophene rings is 1. The van der Waals surface area contributed by atoms with Gasteiger partial charge in [0.2, 0.25) is 0 Å². The van der Waals surface area contributed by atoms with Crippen molar-refractivity contribution in [1.29, 1.82) is 0 Å². The van der Waals surface area contributed by atoms with Gasteiger partial charge in [0, 0.05) is 18.0 Å². The van der Waals surface area contributed by atoms with Crippen LogP contribution in [-0.4, -0.2) is 29.2 Å². The Morgan fingerprint density at radius 3 is 2.62 bits per heavy atom. The van der Waals surface area contributed by atoms with E-state index < -0.39 is 0 Å². The zero-order valence-electron chi connectivity index (χ0n) is 10.5. The monoisotopic (exact) mass is 241 g/mol. The van der Waals surface area contributed by atoms with Crippen molar-refractivity contribution in [3.63, 3.8) is 0 Å². The Balaban J connectivity index is 2.43. The van der Waals surface area contributed by atoms with E-state index in [4.69, 9.17) is 0 Å². The Morgan fingerprint density at radius 2 is 2.12 bits per heavy atom. The van der Waals surface area contributed by atoms with Crippen LogP contribution >= 0.6 is 11.3 Å². The van der Waals surface area contributed by atoms with E-state index in [0.717, 1.165) is 25.6 Å². The highest BCUT2D eigenvalue weighted by atomic mass is 32.1. The average Bonchev–Trinajstić information content (AvgIpc) is 2.66. The number of rotatable bonds is 7. The van der Waals surface area contributed by atoms with Crippen LogP contribution in [0.3, 0.4) is 0 Å². The minimum absolute atomic E-state index is 0.243. The summed E-state index contributed by atoms with van der Waals surface area (Å²) in [6.45, 7) is 9.15. The molecule has 1 aromatic rings. The third-order valence-electron chi connectivity index (χ3n) is 2.50. The maximum Gasteiger partial charge on any atom is 0.0639 e. The zero-order chi connectivity index (χ0) is 12.0. The van der Waals surface area contributed by atoms with Gasteiger partial charge >= 0.3 is 0 Å². The fraction of sp³-hybridized carbons (Fsp3) is 0.692. The van der Waals surface area contributed by atoms with Gasteiger partial charge in [-0.3, -0.25) is 4.90 Å². The van der Waals surface area contributed by atoms with Gasteiger partial charge < -0.3 is 5.11 Å². The maximum absolute atomic E-state index is 9.48. The Morgan fingerprint density at radius 1 is 1.38 bits per heavy atom. The fourth-order valence-corrected chi connectivity index (χ4v) is 2.42. The second-order valence-electron chi connectivity index (χ2n) is 4.85. The topological polar surface area (TPSA) is 23.5 Å². The third-order valence-corrected chi connectivity index (χ3v) is 3.37. The van der Waals surface area contributed by atoms with Crippen molar-refractivity contribution in [3.8, 4) is 0 Å². The van der Waals surface area contributed by atoms with E-state index in [1.54, 1.807) is 11.3 Å². The van der Waals surface area contributed by atoms with Crippen LogP contribution in [0.5, 0.6) is 0 Å². The molecule has 0 aliphatic carbocycles. The van der Waals surface area contributed by atoms with Crippen LogP contribution in [0.1, 0.15) is 32.1 Å². The zero-order valence-corrected chi connectivity index (χ0v) is 11.3. The van der Waals surface area contributed by atoms with Crippen molar-refractivity contribution >= 4 is 11.3 Å². The van der Waals surface area contributed by atoms with Gasteiger partial charge in [-0.1, -0.05) is 19.9 Å². The number of hydrogen-bond acceptors (Lipinski definition) is 3. The van der Waals surface area contributed by atoms with Crippen molar-refractivity contribution < 1.29 is 5.11 Å². The molecule has 1 rings (SSSR count). The van der Waals surface area contributed by atoms with Crippen LogP contribution in [-0.2, 0) is 6.54 Å². The molecule has 0 amide bonds. The summed E-state index contributed by atoms with van der Waals surface area (Å²) in [5.41, 5.74) is 0. The van der Waals surface area contributed by atoms with Gasteiger partial charge in [0.1, 0.15) is 0 Å². The van der Waals surface area contributed by atoms with E-state index in [9.17, 15) is 5.11 Å². The first-order valence-electron chi connectivity index (χ1n) is 6.00. The van der Waals surface area contributed by atoms with E-state index in [2.05, 4.69) is 36.3 Å². The maximum atomic E-state index is 9.48. The first-order valence-corrected chi connectivity index (χ1v) is 6.88. The molecule has 1 N–H and O–H groups in total. The smallest absolute Gasteiger partial charge is 0.0639 e. The van der Waals surface area contributed by atoms with Gasteiger partial charge in [0.05, 0.1) is 6.10 Å². The molecule has 0 radical (unpaired) electrons. The molecule has 16 heavy (non-hydrogen) atoms. The lowest BCUT2D eigenvalue weighted by Gasteiger charge is -2.23. The van der Waals surface area contributed by atoms with E-state index in [1.165, 1.54) is 11.3 Å². The van der Waals surface area contributed by atoms with E-state index in [0.29, 0.717) is 0 Å². The fourth-order valence-electron chi connectivity index (χ4n) is 1.67. The largest absolute Gasteiger partial charge is 0.392 e. The van der Waals surface area contributed by atoms with Gasteiger partial charge in [-0.2, -0.15) is 0 Å². The first kappa shape index (κ1) is 13.7. The Bertz CT molecular complexity index is 269. The summed E-state index contributed by atoms with van der Waals surface area (Å²) in [5, 5.41) is 11.6. The van der Waals surface area contributed by atoms with Gasteiger partial charge in [-0.25, -0.2) is 0 Å². The van der Waals surface area contributed by atoms with E-state index in [1.807, 2.05) is 6.92 Å². The number of aliphatic hydroxyl groups is 1. The molecule has 2 nitrogen and oxygen atoms in total. The molecule has 0 fully saturated rings. The highest BCUT2D eigenvalue weighted by molar-refractivity contribution is 7.09. The molecule has 1 aromatic heterocycles. The molecule has 0 saturated heterocycles. The molecule has 1 unspecified atom stereocenters. The first-order chi connectivity index (χ1) is 7.58. The third kappa shape index (κ3) is 5.64. The van der Waals surface area contributed by atoms with Crippen LogP contribution in [0.4, 0.5) is 0 Å². The molecule has 0 bridgehead atoms. The van der Waals surface area contributed by atoms with Crippen molar-refractivity contribution in [1.82, 2.24) is 4.90 Å². The van der Waals surface area contributed by atoms with Crippen LogP contribution in [0, 0.1) is 5.92 Å². The standard InChI is InChI=1S/C13H23NOS/c1-11(2)6-7-14(9-12(3)15)10-13-5-4-8-16-13/h4-5,8,11-12,15H,6-7,9-10H2,1-3H3. The van der Waals surface area contributed by atoms with Crippen molar-refractivity contribution in [2.75, 3.05) is 13.1 Å². The Labute approximate surface area is 103 Å². The normalized spacial score (nSPS) is 13.6. The second-order valence-corrected chi connectivity index (χ2v) is 5.88. The lowest BCUT2D eigenvalue weighted by Crippen LogP contribution is -2.31. The number of aliphatic hydroxyl groups excluding tert-OH is 1. The predicted octanol–water partition coefficient (Wildman–Crippen LogP) is 2.98. The minimum Gasteiger partial charge on any atom is -0.392 e. The van der Waals surface area contributed by atoms with E-state index in [-0.39, 0.29) is 6.10 Å². The average molecular weight is 241 g/mol. The van der Waals surface area contributed by atoms with Crippen molar-refractivity contribution in [2.45, 2.75) is 39.8 Å². The highest BCUT2D eigenvalue weighted by Crippen LogP contribution is 2.13.